The minimum absolute atomic E-state index is 0.0475. The first-order valence-electron chi connectivity index (χ1n) is 5.23. The van der Waals surface area contributed by atoms with Crippen molar-refractivity contribution in [1.29, 1.82) is 0 Å². The second-order valence-electron chi connectivity index (χ2n) is 3.70. The van der Waals surface area contributed by atoms with E-state index in [1.807, 2.05) is 0 Å². The summed E-state index contributed by atoms with van der Waals surface area (Å²) < 4.78 is 18.6. The first-order valence-corrected chi connectivity index (χ1v) is 5.61. The van der Waals surface area contributed by atoms with Crippen molar-refractivity contribution in [2.24, 2.45) is 0 Å². The lowest BCUT2D eigenvalue weighted by molar-refractivity contribution is 0.0695. The van der Waals surface area contributed by atoms with E-state index in [0.29, 0.717) is 10.8 Å². The number of hydrogen-bond acceptors (Lipinski definition) is 3. The molecule has 4 nitrogen and oxygen atoms in total. The van der Waals surface area contributed by atoms with Gasteiger partial charge < -0.3 is 15.6 Å². The van der Waals surface area contributed by atoms with Gasteiger partial charge >= 0.3 is 5.97 Å². The lowest BCUT2D eigenvalue weighted by Crippen LogP contribution is -2.07. The molecule has 2 aromatic carbocycles. The quantitative estimate of drug-likeness (QED) is 0.844. The maximum atomic E-state index is 13.3. The highest BCUT2D eigenvalue weighted by Gasteiger charge is 2.19. The number of halogens is 2. The number of carboxylic acid groups (broad SMARTS) is 1. The molecule has 0 spiro atoms. The molecule has 0 saturated carbocycles. The summed E-state index contributed by atoms with van der Waals surface area (Å²) >= 11 is 5.79. The van der Waals surface area contributed by atoms with Gasteiger partial charge in [-0.3, -0.25) is 0 Å². The van der Waals surface area contributed by atoms with E-state index in [4.69, 9.17) is 27.2 Å². The number of anilines is 1. The van der Waals surface area contributed by atoms with Crippen LogP contribution in [0.25, 0.3) is 0 Å². The van der Waals surface area contributed by atoms with Gasteiger partial charge in [-0.05, 0) is 30.3 Å². The van der Waals surface area contributed by atoms with Gasteiger partial charge in [-0.1, -0.05) is 17.7 Å². The van der Waals surface area contributed by atoms with E-state index in [0.717, 1.165) is 6.07 Å². The van der Waals surface area contributed by atoms with Crippen LogP contribution in [0.3, 0.4) is 0 Å². The lowest BCUT2D eigenvalue weighted by Gasteiger charge is -2.11. The SMILES string of the molecule is Nc1c(F)ccc(Oc2cccc(Cl)c2)c1C(=O)O. The summed E-state index contributed by atoms with van der Waals surface area (Å²) in [5.41, 5.74) is 4.52. The molecule has 0 amide bonds. The predicted molar refractivity (Wildman–Crippen MR) is 69.3 cm³/mol. The highest BCUT2D eigenvalue weighted by molar-refractivity contribution is 6.30. The van der Waals surface area contributed by atoms with Gasteiger partial charge in [-0.2, -0.15) is 0 Å². The van der Waals surface area contributed by atoms with E-state index < -0.39 is 23.0 Å². The molecule has 0 aliphatic carbocycles. The number of hydrogen-bond donors (Lipinski definition) is 2. The number of ether oxygens (including phenoxy) is 1. The summed E-state index contributed by atoms with van der Waals surface area (Å²) in [5, 5.41) is 9.49. The van der Waals surface area contributed by atoms with Crippen LogP contribution in [0.4, 0.5) is 10.1 Å². The molecular weight excluding hydrogens is 273 g/mol. The molecule has 0 atom stereocenters. The van der Waals surface area contributed by atoms with Crippen molar-refractivity contribution >= 4 is 23.3 Å². The van der Waals surface area contributed by atoms with Crippen LogP contribution in [0.1, 0.15) is 10.4 Å². The van der Waals surface area contributed by atoms with Crippen LogP contribution in [0.2, 0.25) is 5.02 Å². The number of carboxylic acids is 1. The fourth-order valence-electron chi connectivity index (χ4n) is 1.54. The molecule has 0 bridgehead atoms. The van der Waals surface area contributed by atoms with Crippen LogP contribution in [-0.2, 0) is 0 Å². The second kappa shape index (κ2) is 5.16. The highest BCUT2D eigenvalue weighted by atomic mass is 35.5. The average Bonchev–Trinajstić information content (AvgIpc) is 2.33. The summed E-state index contributed by atoms with van der Waals surface area (Å²) in [6, 6.07) is 8.64. The molecule has 2 rings (SSSR count). The molecule has 19 heavy (non-hydrogen) atoms. The fraction of sp³-hybridized carbons (Fsp3) is 0. The zero-order valence-electron chi connectivity index (χ0n) is 9.56. The molecule has 0 fully saturated rings. The standard InChI is InChI=1S/C13H9ClFNO3/c14-7-2-1-3-8(6-7)19-10-5-4-9(15)12(16)11(10)13(17)18/h1-6H,16H2,(H,17,18). The topological polar surface area (TPSA) is 72.5 Å². The highest BCUT2D eigenvalue weighted by Crippen LogP contribution is 2.31. The van der Waals surface area contributed by atoms with E-state index >= 15 is 0 Å². The Bertz CT molecular complexity index is 646. The largest absolute Gasteiger partial charge is 0.477 e. The molecule has 0 heterocycles. The third-order valence-electron chi connectivity index (χ3n) is 2.39. The van der Waals surface area contributed by atoms with Crippen LogP contribution < -0.4 is 10.5 Å². The molecular formula is C13H9ClFNO3. The second-order valence-corrected chi connectivity index (χ2v) is 4.14. The van der Waals surface area contributed by atoms with E-state index in [2.05, 4.69) is 0 Å². The van der Waals surface area contributed by atoms with Crippen molar-refractivity contribution in [3.8, 4) is 11.5 Å². The van der Waals surface area contributed by atoms with Gasteiger partial charge in [0.05, 0.1) is 5.69 Å². The first kappa shape index (κ1) is 13.2. The third kappa shape index (κ3) is 2.77. The minimum atomic E-state index is -1.37. The first-order chi connectivity index (χ1) is 8.99. The van der Waals surface area contributed by atoms with Crippen molar-refractivity contribution in [2.75, 3.05) is 5.73 Å². The monoisotopic (exact) mass is 281 g/mol. The van der Waals surface area contributed by atoms with Crippen molar-refractivity contribution in [3.63, 3.8) is 0 Å². The molecule has 0 unspecified atom stereocenters. The number of benzene rings is 2. The zero-order valence-corrected chi connectivity index (χ0v) is 10.3. The van der Waals surface area contributed by atoms with Crippen molar-refractivity contribution in [2.45, 2.75) is 0 Å². The molecule has 98 valence electrons. The molecule has 2 aromatic rings. The lowest BCUT2D eigenvalue weighted by atomic mass is 10.1. The summed E-state index contributed by atoms with van der Waals surface area (Å²) in [6.07, 6.45) is 0. The van der Waals surface area contributed by atoms with E-state index in [1.165, 1.54) is 12.1 Å². The molecule has 0 aliphatic heterocycles. The van der Waals surface area contributed by atoms with Gasteiger partial charge in [-0.25, -0.2) is 9.18 Å². The Kier molecular flexibility index (Phi) is 3.57. The number of aromatic carboxylic acids is 1. The Balaban J connectivity index is 2.46. The van der Waals surface area contributed by atoms with E-state index in [1.54, 1.807) is 18.2 Å². The Morgan fingerprint density at radius 3 is 2.68 bits per heavy atom. The summed E-state index contributed by atoms with van der Waals surface area (Å²) in [4.78, 5) is 11.1. The van der Waals surface area contributed by atoms with Crippen LogP contribution >= 0.6 is 11.6 Å². The molecule has 6 heteroatoms. The van der Waals surface area contributed by atoms with Gasteiger partial charge in [0.25, 0.3) is 0 Å². The number of nitrogen functional groups attached to an aromatic ring is 1. The molecule has 3 N–H and O–H groups in total. The maximum Gasteiger partial charge on any atom is 0.341 e. The van der Waals surface area contributed by atoms with Gasteiger partial charge in [0.1, 0.15) is 22.9 Å². The van der Waals surface area contributed by atoms with Gasteiger partial charge in [-0.15, -0.1) is 0 Å². The van der Waals surface area contributed by atoms with Crippen LogP contribution in [0.15, 0.2) is 36.4 Å². The predicted octanol–water partition coefficient (Wildman–Crippen LogP) is 3.55. The van der Waals surface area contributed by atoms with Crippen LogP contribution in [0, 0.1) is 5.82 Å². The number of carbonyl (C=O) groups is 1. The summed E-state index contributed by atoms with van der Waals surface area (Å²) in [5.74, 6) is -1.89. The van der Waals surface area contributed by atoms with E-state index in [9.17, 15) is 9.18 Å². The van der Waals surface area contributed by atoms with Gasteiger partial charge in [0.15, 0.2) is 0 Å². The molecule has 0 aromatic heterocycles. The minimum Gasteiger partial charge on any atom is -0.477 e. The summed E-state index contributed by atoms with van der Waals surface area (Å²) in [7, 11) is 0. The summed E-state index contributed by atoms with van der Waals surface area (Å²) in [6.45, 7) is 0. The van der Waals surface area contributed by atoms with Crippen LogP contribution in [-0.4, -0.2) is 11.1 Å². The Morgan fingerprint density at radius 1 is 1.32 bits per heavy atom. The smallest absolute Gasteiger partial charge is 0.341 e. The van der Waals surface area contributed by atoms with Crippen molar-refractivity contribution in [1.82, 2.24) is 0 Å². The van der Waals surface area contributed by atoms with Gasteiger partial charge in [0.2, 0.25) is 0 Å². The van der Waals surface area contributed by atoms with Gasteiger partial charge in [0, 0.05) is 5.02 Å². The number of rotatable bonds is 3. The van der Waals surface area contributed by atoms with Crippen molar-refractivity contribution < 1.29 is 19.0 Å². The number of nitrogens with two attached hydrogens (primary N) is 1. The molecule has 0 saturated heterocycles. The van der Waals surface area contributed by atoms with Crippen molar-refractivity contribution in [3.05, 3.63) is 52.8 Å². The van der Waals surface area contributed by atoms with E-state index in [-0.39, 0.29) is 5.75 Å². The average molecular weight is 282 g/mol. The molecule has 0 aliphatic rings. The zero-order chi connectivity index (χ0) is 14.0. The van der Waals surface area contributed by atoms with Crippen LogP contribution in [0.5, 0.6) is 11.5 Å². The molecule has 0 radical (unpaired) electrons. The Morgan fingerprint density at radius 2 is 2.05 bits per heavy atom. The third-order valence-corrected chi connectivity index (χ3v) is 2.63. The maximum absolute atomic E-state index is 13.3. The Labute approximate surface area is 113 Å². The fourth-order valence-corrected chi connectivity index (χ4v) is 1.72. The Hall–Kier alpha value is -2.27. The normalized spacial score (nSPS) is 10.2.